The summed E-state index contributed by atoms with van der Waals surface area (Å²) < 4.78 is 38.7. The van der Waals surface area contributed by atoms with Gasteiger partial charge in [0.05, 0.1) is 12.1 Å². The van der Waals surface area contributed by atoms with Crippen LogP contribution >= 0.6 is 0 Å². The van der Waals surface area contributed by atoms with Gasteiger partial charge in [0, 0.05) is 17.9 Å². The third-order valence-corrected chi connectivity index (χ3v) is 3.75. The van der Waals surface area contributed by atoms with Crippen molar-refractivity contribution in [3.05, 3.63) is 58.7 Å². The van der Waals surface area contributed by atoms with Gasteiger partial charge in [-0.25, -0.2) is 0 Å². The average molecular weight is 351 g/mol. The zero-order valence-electron chi connectivity index (χ0n) is 14.0. The summed E-state index contributed by atoms with van der Waals surface area (Å²) in [5.74, 6) is -0.440. The third-order valence-electron chi connectivity index (χ3n) is 3.75. The molecular formula is C18H20F3N3O. The molecule has 0 aromatic heterocycles. The molecule has 0 aliphatic carbocycles. The Labute approximate surface area is 144 Å². The number of carbonyl (C=O) groups excluding carboxylic acids is 1. The van der Waals surface area contributed by atoms with Crippen molar-refractivity contribution in [2.24, 2.45) is 5.73 Å². The number of aryl methyl sites for hydroxylation is 2. The SMILES string of the molecule is Cc1cccc(C)c1NCC(=O)Nc1cc(CN)cc(C(F)(F)F)c1. The number of para-hydroxylation sites is 1. The van der Waals surface area contributed by atoms with Crippen LogP contribution in [0, 0.1) is 13.8 Å². The number of amides is 1. The first kappa shape index (κ1) is 18.8. The summed E-state index contributed by atoms with van der Waals surface area (Å²) in [6, 6.07) is 9.04. The number of nitrogens with one attached hydrogen (secondary N) is 2. The highest BCUT2D eigenvalue weighted by atomic mass is 19.4. The van der Waals surface area contributed by atoms with Crippen LogP contribution in [0.4, 0.5) is 24.5 Å². The smallest absolute Gasteiger partial charge is 0.376 e. The zero-order chi connectivity index (χ0) is 18.6. The maximum atomic E-state index is 12.9. The molecule has 0 radical (unpaired) electrons. The van der Waals surface area contributed by atoms with Crippen molar-refractivity contribution in [2.75, 3.05) is 17.2 Å². The number of anilines is 2. The van der Waals surface area contributed by atoms with Gasteiger partial charge in [-0.1, -0.05) is 18.2 Å². The Morgan fingerprint density at radius 2 is 1.76 bits per heavy atom. The molecule has 0 heterocycles. The summed E-state index contributed by atoms with van der Waals surface area (Å²) in [6.45, 7) is 3.72. The van der Waals surface area contributed by atoms with Crippen LogP contribution < -0.4 is 16.4 Å². The summed E-state index contributed by atoms with van der Waals surface area (Å²) >= 11 is 0. The summed E-state index contributed by atoms with van der Waals surface area (Å²) in [5, 5.41) is 5.50. The highest BCUT2D eigenvalue weighted by molar-refractivity contribution is 5.94. The van der Waals surface area contributed by atoms with Crippen LogP contribution in [0.1, 0.15) is 22.3 Å². The largest absolute Gasteiger partial charge is 0.416 e. The molecule has 2 rings (SSSR count). The maximum Gasteiger partial charge on any atom is 0.416 e. The number of benzene rings is 2. The first-order valence-electron chi connectivity index (χ1n) is 7.72. The minimum atomic E-state index is -4.50. The zero-order valence-corrected chi connectivity index (χ0v) is 14.0. The predicted octanol–water partition coefficient (Wildman–Crippen LogP) is 3.83. The Balaban J connectivity index is 2.10. The monoisotopic (exact) mass is 351 g/mol. The lowest BCUT2D eigenvalue weighted by Crippen LogP contribution is -2.23. The highest BCUT2D eigenvalue weighted by Crippen LogP contribution is 2.32. The summed E-state index contributed by atoms with van der Waals surface area (Å²) in [5.41, 5.74) is 7.77. The minimum Gasteiger partial charge on any atom is -0.376 e. The Hall–Kier alpha value is -2.54. The fourth-order valence-corrected chi connectivity index (χ4v) is 2.51. The van der Waals surface area contributed by atoms with Gasteiger partial charge in [0.2, 0.25) is 5.91 Å². The standard InChI is InChI=1S/C18H20F3N3O/c1-11-4-3-5-12(2)17(11)23-10-16(25)24-15-7-13(9-22)6-14(8-15)18(19,20)21/h3-8,23H,9-10,22H2,1-2H3,(H,24,25). The predicted molar refractivity (Wildman–Crippen MR) is 92.4 cm³/mol. The number of hydrogen-bond acceptors (Lipinski definition) is 3. The average Bonchev–Trinajstić information content (AvgIpc) is 2.53. The van der Waals surface area contributed by atoms with Gasteiger partial charge in [-0.2, -0.15) is 13.2 Å². The van der Waals surface area contributed by atoms with Crippen molar-refractivity contribution < 1.29 is 18.0 Å². The number of rotatable bonds is 5. The lowest BCUT2D eigenvalue weighted by atomic mass is 10.1. The second kappa shape index (κ2) is 7.57. The first-order chi connectivity index (χ1) is 11.7. The maximum absolute atomic E-state index is 12.9. The number of alkyl halides is 3. The van der Waals surface area contributed by atoms with E-state index in [0.29, 0.717) is 5.56 Å². The van der Waals surface area contributed by atoms with E-state index in [0.717, 1.165) is 28.9 Å². The quantitative estimate of drug-likeness (QED) is 0.767. The molecule has 0 aliphatic heterocycles. The third kappa shape index (κ3) is 4.96. The van der Waals surface area contributed by atoms with Gasteiger partial charge in [0.15, 0.2) is 0 Å². The normalized spacial score (nSPS) is 11.3. The van der Waals surface area contributed by atoms with Crippen molar-refractivity contribution in [1.82, 2.24) is 0 Å². The van der Waals surface area contributed by atoms with E-state index in [1.807, 2.05) is 32.0 Å². The van der Waals surface area contributed by atoms with Crippen LogP contribution in [-0.2, 0) is 17.5 Å². The second-order valence-electron chi connectivity index (χ2n) is 5.79. The molecule has 4 nitrogen and oxygen atoms in total. The Kier molecular flexibility index (Phi) is 5.69. The molecule has 1 amide bonds. The van der Waals surface area contributed by atoms with E-state index in [-0.39, 0.29) is 18.8 Å². The molecule has 4 N–H and O–H groups in total. The topological polar surface area (TPSA) is 67.2 Å². The minimum absolute atomic E-state index is 0.0482. The molecule has 0 saturated carbocycles. The van der Waals surface area contributed by atoms with Crippen LogP contribution in [0.3, 0.4) is 0 Å². The molecule has 2 aromatic carbocycles. The molecule has 0 bridgehead atoms. The number of nitrogens with two attached hydrogens (primary N) is 1. The van der Waals surface area contributed by atoms with E-state index in [2.05, 4.69) is 10.6 Å². The van der Waals surface area contributed by atoms with Gasteiger partial charge in [-0.3, -0.25) is 4.79 Å². The molecule has 25 heavy (non-hydrogen) atoms. The Morgan fingerprint density at radius 3 is 2.32 bits per heavy atom. The van der Waals surface area contributed by atoms with Gasteiger partial charge in [0.25, 0.3) is 0 Å². The van der Waals surface area contributed by atoms with Crippen LogP contribution in [-0.4, -0.2) is 12.5 Å². The van der Waals surface area contributed by atoms with Gasteiger partial charge >= 0.3 is 6.18 Å². The molecule has 7 heteroatoms. The molecule has 0 saturated heterocycles. The molecule has 0 atom stereocenters. The summed E-state index contributed by atoms with van der Waals surface area (Å²) in [6.07, 6.45) is -4.50. The highest BCUT2D eigenvalue weighted by Gasteiger charge is 2.31. The van der Waals surface area contributed by atoms with E-state index in [4.69, 9.17) is 5.73 Å². The van der Waals surface area contributed by atoms with Crippen LogP contribution in [0.2, 0.25) is 0 Å². The Bertz CT molecular complexity index is 752. The van der Waals surface area contributed by atoms with E-state index in [1.165, 1.54) is 6.07 Å². The van der Waals surface area contributed by atoms with Crippen molar-refractivity contribution in [1.29, 1.82) is 0 Å². The van der Waals surface area contributed by atoms with E-state index in [9.17, 15) is 18.0 Å². The fourth-order valence-electron chi connectivity index (χ4n) is 2.51. The van der Waals surface area contributed by atoms with Crippen molar-refractivity contribution >= 4 is 17.3 Å². The lowest BCUT2D eigenvalue weighted by Gasteiger charge is -2.14. The Morgan fingerprint density at radius 1 is 1.12 bits per heavy atom. The van der Waals surface area contributed by atoms with Crippen molar-refractivity contribution in [2.45, 2.75) is 26.6 Å². The van der Waals surface area contributed by atoms with Crippen molar-refractivity contribution in [3.8, 4) is 0 Å². The molecule has 0 unspecified atom stereocenters. The van der Waals surface area contributed by atoms with Crippen LogP contribution in [0.5, 0.6) is 0 Å². The van der Waals surface area contributed by atoms with Gasteiger partial charge in [-0.05, 0) is 48.7 Å². The van der Waals surface area contributed by atoms with Crippen LogP contribution in [0.15, 0.2) is 36.4 Å². The van der Waals surface area contributed by atoms with E-state index >= 15 is 0 Å². The molecule has 134 valence electrons. The molecule has 0 spiro atoms. The number of halogens is 3. The number of carbonyl (C=O) groups is 1. The number of hydrogen-bond donors (Lipinski definition) is 3. The molecule has 2 aromatic rings. The van der Waals surface area contributed by atoms with Crippen molar-refractivity contribution in [3.63, 3.8) is 0 Å². The van der Waals surface area contributed by atoms with Gasteiger partial charge in [0.1, 0.15) is 0 Å². The molecule has 0 fully saturated rings. The van der Waals surface area contributed by atoms with Gasteiger partial charge in [-0.15, -0.1) is 0 Å². The van der Waals surface area contributed by atoms with Gasteiger partial charge < -0.3 is 16.4 Å². The second-order valence-corrected chi connectivity index (χ2v) is 5.79. The van der Waals surface area contributed by atoms with E-state index in [1.54, 1.807) is 0 Å². The van der Waals surface area contributed by atoms with Crippen LogP contribution in [0.25, 0.3) is 0 Å². The summed E-state index contributed by atoms with van der Waals surface area (Å²) in [7, 11) is 0. The first-order valence-corrected chi connectivity index (χ1v) is 7.72. The molecule has 0 aliphatic rings. The fraction of sp³-hybridized carbons (Fsp3) is 0.278. The van der Waals surface area contributed by atoms with E-state index < -0.39 is 17.6 Å². The molecular weight excluding hydrogens is 331 g/mol. The lowest BCUT2D eigenvalue weighted by molar-refractivity contribution is -0.137. The summed E-state index contributed by atoms with van der Waals surface area (Å²) in [4.78, 5) is 12.1.